The molecular formula is C25H32F2N6O. The number of para-hydroxylation sites is 1. The molecule has 7 nitrogen and oxygen atoms in total. The van der Waals surface area contributed by atoms with Crippen molar-refractivity contribution in [2.45, 2.75) is 82.9 Å². The average molecular weight is 471 g/mol. The number of nitrogens with zero attached hydrogens (tertiary/aromatic N) is 4. The highest BCUT2D eigenvalue weighted by molar-refractivity contribution is 5.76. The van der Waals surface area contributed by atoms with Crippen molar-refractivity contribution < 1.29 is 13.9 Å². The molecule has 182 valence electrons. The Kier molecular flexibility index (Phi) is 6.14. The topological polar surface area (TPSA) is 87.9 Å². The number of benzene rings is 1. The second-order valence-corrected chi connectivity index (χ2v) is 10.2. The van der Waals surface area contributed by atoms with Crippen molar-refractivity contribution in [3.8, 4) is 0 Å². The summed E-state index contributed by atoms with van der Waals surface area (Å²) >= 11 is 0. The van der Waals surface area contributed by atoms with Crippen LogP contribution in [0.1, 0.15) is 71.3 Å². The van der Waals surface area contributed by atoms with Crippen LogP contribution in [0.25, 0.3) is 11.2 Å². The summed E-state index contributed by atoms with van der Waals surface area (Å²) in [5.41, 5.74) is 0.123. The van der Waals surface area contributed by atoms with Crippen LogP contribution in [0.15, 0.2) is 24.4 Å². The molecule has 2 aliphatic carbocycles. The van der Waals surface area contributed by atoms with Crippen LogP contribution in [0.5, 0.6) is 0 Å². The van der Waals surface area contributed by atoms with E-state index in [0.717, 1.165) is 32.1 Å². The molecule has 3 N–H and O–H groups in total. The monoisotopic (exact) mass is 470 g/mol. The van der Waals surface area contributed by atoms with Crippen molar-refractivity contribution in [3.63, 3.8) is 0 Å². The molecule has 5 rings (SSSR count). The van der Waals surface area contributed by atoms with Crippen molar-refractivity contribution in [3.05, 3.63) is 36.0 Å². The van der Waals surface area contributed by atoms with Crippen molar-refractivity contribution in [2.24, 2.45) is 5.92 Å². The van der Waals surface area contributed by atoms with Gasteiger partial charge >= 0.3 is 0 Å². The van der Waals surface area contributed by atoms with E-state index in [9.17, 15) is 13.9 Å². The number of hydrogen-bond donors (Lipinski definition) is 3. The lowest BCUT2D eigenvalue weighted by Gasteiger charge is -2.26. The molecule has 0 amide bonds. The zero-order chi connectivity index (χ0) is 23.9. The maximum atomic E-state index is 14.4. The van der Waals surface area contributed by atoms with Crippen LogP contribution in [-0.2, 0) is 0 Å². The molecule has 2 aliphatic rings. The van der Waals surface area contributed by atoms with E-state index in [1.807, 2.05) is 18.4 Å². The minimum atomic E-state index is -0.806. The molecule has 2 saturated carbocycles. The summed E-state index contributed by atoms with van der Waals surface area (Å²) < 4.78 is 30.8. The Morgan fingerprint density at radius 3 is 2.44 bits per heavy atom. The van der Waals surface area contributed by atoms with Gasteiger partial charge in [0.15, 0.2) is 5.65 Å². The predicted molar refractivity (Wildman–Crippen MR) is 128 cm³/mol. The van der Waals surface area contributed by atoms with Crippen molar-refractivity contribution in [2.75, 3.05) is 10.6 Å². The van der Waals surface area contributed by atoms with Crippen LogP contribution in [0.3, 0.4) is 0 Å². The number of rotatable bonds is 6. The summed E-state index contributed by atoms with van der Waals surface area (Å²) in [6.07, 6.45) is 9.88. The van der Waals surface area contributed by atoms with Gasteiger partial charge in [0.05, 0.1) is 11.8 Å². The quantitative estimate of drug-likeness (QED) is 0.428. The second kappa shape index (κ2) is 9.09. The molecule has 2 aromatic heterocycles. The largest absolute Gasteiger partial charge is 0.390 e. The minimum absolute atomic E-state index is 0.0174. The Bertz CT molecular complexity index is 1150. The number of fused-ring (bicyclic) bond motifs is 1. The smallest absolute Gasteiger partial charge is 0.224 e. The third-order valence-electron chi connectivity index (χ3n) is 7.34. The number of hydrogen-bond acceptors (Lipinski definition) is 6. The standard InChI is InChI=1S/C25H32F2N6O/c1-25(2,34)15-11-12-17(13-15)33-22-20(14-28-23(32-22)29-16-7-4-3-5-8-16)30-24(33)31-21-18(26)9-6-10-19(21)27/h6,9-10,14-17,34H,3-5,7-8,11-13H2,1-2H3,(H,30,31)(H,28,29,32). The fourth-order valence-electron chi connectivity index (χ4n) is 5.39. The molecule has 0 aliphatic heterocycles. The van der Waals surface area contributed by atoms with E-state index >= 15 is 0 Å². The van der Waals surface area contributed by atoms with Crippen LogP contribution in [0, 0.1) is 17.6 Å². The zero-order valence-electron chi connectivity index (χ0n) is 19.7. The number of anilines is 3. The van der Waals surface area contributed by atoms with Gasteiger partial charge in [-0.3, -0.25) is 4.57 Å². The molecule has 2 atom stereocenters. The molecule has 0 saturated heterocycles. The number of nitrogens with one attached hydrogen (secondary N) is 2. The molecule has 2 heterocycles. The van der Waals surface area contributed by atoms with E-state index in [1.54, 1.807) is 6.20 Å². The Balaban J connectivity index is 1.54. The molecule has 2 unspecified atom stereocenters. The summed E-state index contributed by atoms with van der Waals surface area (Å²) in [6, 6.07) is 4.09. The third kappa shape index (κ3) is 4.58. The maximum absolute atomic E-state index is 14.4. The number of aromatic nitrogens is 4. The lowest BCUT2D eigenvalue weighted by molar-refractivity contribution is 0.0186. The second-order valence-electron chi connectivity index (χ2n) is 10.2. The fraction of sp³-hybridized carbons (Fsp3) is 0.560. The van der Waals surface area contributed by atoms with Crippen LogP contribution < -0.4 is 10.6 Å². The molecule has 1 aromatic carbocycles. The van der Waals surface area contributed by atoms with Gasteiger partial charge in [-0.05, 0) is 64.0 Å². The van der Waals surface area contributed by atoms with E-state index < -0.39 is 17.2 Å². The molecule has 34 heavy (non-hydrogen) atoms. The van der Waals surface area contributed by atoms with Gasteiger partial charge in [-0.2, -0.15) is 4.98 Å². The third-order valence-corrected chi connectivity index (χ3v) is 7.34. The van der Waals surface area contributed by atoms with E-state index in [0.29, 0.717) is 29.1 Å². The predicted octanol–water partition coefficient (Wildman–Crippen LogP) is 5.70. The minimum Gasteiger partial charge on any atom is -0.390 e. The Morgan fingerprint density at radius 1 is 1.03 bits per heavy atom. The maximum Gasteiger partial charge on any atom is 0.224 e. The van der Waals surface area contributed by atoms with E-state index in [4.69, 9.17) is 4.98 Å². The summed E-state index contributed by atoms with van der Waals surface area (Å²) in [7, 11) is 0. The average Bonchev–Trinajstić information content (AvgIpc) is 3.41. The first-order valence-electron chi connectivity index (χ1n) is 12.2. The summed E-state index contributed by atoms with van der Waals surface area (Å²) in [6.45, 7) is 3.66. The van der Waals surface area contributed by atoms with Gasteiger partial charge in [0, 0.05) is 12.1 Å². The highest BCUT2D eigenvalue weighted by Gasteiger charge is 2.37. The first-order valence-corrected chi connectivity index (χ1v) is 12.2. The molecule has 0 spiro atoms. The van der Waals surface area contributed by atoms with Crippen LogP contribution >= 0.6 is 0 Å². The fourth-order valence-corrected chi connectivity index (χ4v) is 5.39. The molecule has 0 bridgehead atoms. The molecular weight excluding hydrogens is 438 g/mol. The summed E-state index contributed by atoms with van der Waals surface area (Å²) in [5.74, 6) is -0.407. The Hall–Kier alpha value is -2.81. The molecule has 9 heteroatoms. The highest BCUT2D eigenvalue weighted by atomic mass is 19.1. The van der Waals surface area contributed by atoms with Crippen LogP contribution in [0.4, 0.5) is 26.4 Å². The summed E-state index contributed by atoms with van der Waals surface area (Å²) in [4.78, 5) is 13.9. The zero-order valence-corrected chi connectivity index (χ0v) is 19.7. The number of halogens is 2. The van der Waals surface area contributed by atoms with Gasteiger partial charge in [0.25, 0.3) is 0 Å². The SMILES string of the molecule is CC(C)(O)C1CCC(n2c(Nc3c(F)cccc3F)nc3cnc(NC4CCCCC4)nc32)C1. The van der Waals surface area contributed by atoms with Gasteiger partial charge in [-0.25, -0.2) is 18.7 Å². The first-order chi connectivity index (χ1) is 16.3. The first kappa shape index (κ1) is 23.0. The Labute approximate surface area is 198 Å². The van der Waals surface area contributed by atoms with E-state index in [2.05, 4.69) is 20.6 Å². The van der Waals surface area contributed by atoms with E-state index in [-0.39, 0.29) is 17.6 Å². The lowest BCUT2D eigenvalue weighted by atomic mass is 9.89. The van der Waals surface area contributed by atoms with Crippen LogP contribution in [0.2, 0.25) is 0 Å². The number of aliphatic hydroxyl groups is 1. The summed E-state index contributed by atoms with van der Waals surface area (Å²) in [5, 5.41) is 16.9. The Morgan fingerprint density at radius 2 is 1.76 bits per heavy atom. The normalized spacial score (nSPS) is 21.8. The van der Waals surface area contributed by atoms with Gasteiger partial charge < -0.3 is 15.7 Å². The van der Waals surface area contributed by atoms with Gasteiger partial charge in [0.1, 0.15) is 22.8 Å². The number of imidazole rings is 1. The van der Waals surface area contributed by atoms with Crippen molar-refractivity contribution in [1.82, 2.24) is 19.5 Å². The molecule has 3 aromatic rings. The molecule has 2 fully saturated rings. The van der Waals surface area contributed by atoms with Crippen molar-refractivity contribution >= 4 is 28.7 Å². The van der Waals surface area contributed by atoms with Gasteiger partial charge in [-0.1, -0.05) is 25.3 Å². The molecule has 0 radical (unpaired) electrons. The lowest BCUT2D eigenvalue weighted by Crippen LogP contribution is -2.29. The highest BCUT2D eigenvalue weighted by Crippen LogP contribution is 2.43. The van der Waals surface area contributed by atoms with Gasteiger partial charge in [0.2, 0.25) is 11.9 Å². The van der Waals surface area contributed by atoms with Gasteiger partial charge in [-0.15, -0.1) is 0 Å². The van der Waals surface area contributed by atoms with Crippen LogP contribution in [-0.4, -0.2) is 36.3 Å². The van der Waals surface area contributed by atoms with Crippen molar-refractivity contribution in [1.29, 1.82) is 0 Å². The van der Waals surface area contributed by atoms with E-state index in [1.165, 1.54) is 37.5 Å².